The fraction of sp³-hybridized carbons (Fsp3) is 0.222. The number of hydrogen-bond acceptors (Lipinski definition) is 3. The molecule has 0 unspecified atom stereocenters. The molecule has 0 saturated carbocycles. The van der Waals surface area contributed by atoms with Gasteiger partial charge in [-0.2, -0.15) is 0 Å². The van der Waals surface area contributed by atoms with Crippen LogP contribution in [-0.2, 0) is 9.53 Å². The molecule has 0 radical (unpaired) electrons. The highest BCUT2D eigenvalue weighted by Gasteiger charge is 2.05. The summed E-state index contributed by atoms with van der Waals surface area (Å²) >= 11 is 0. The van der Waals surface area contributed by atoms with E-state index in [-0.39, 0.29) is 5.97 Å². The molecule has 2 rings (SSSR count). The Kier molecular flexibility index (Phi) is 4.53. The minimum absolute atomic E-state index is 0.357. The molecule has 2 aromatic rings. The predicted molar refractivity (Wildman–Crippen MR) is 84.8 cm³/mol. The molecule has 0 aliphatic carbocycles. The SMILES string of the molecule is COC(=O)/C=C(\C)c1cncc(-c2ccc(C)c(C)c2)c1. The Balaban J connectivity index is 2.39. The molecule has 0 aliphatic heterocycles. The zero-order valence-corrected chi connectivity index (χ0v) is 12.8. The standard InChI is InChI=1S/C18H19NO2/c1-12-5-6-15(7-13(12)2)17-9-16(10-19-11-17)14(3)8-18(20)21-4/h5-11H,1-4H3/b14-8+. The van der Waals surface area contributed by atoms with Gasteiger partial charge in [0.15, 0.2) is 0 Å². The van der Waals surface area contributed by atoms with E-state index in [2.05, 4.69) is 41.8 Å². The van der Waals surface area contributed by atoms with Crippen molar-refractivity contribution in [3.05, 3.63) is 59.4 Å². The summed E-state index contributed by atoms with van der Waals surface area (Å²) in [5.74, 6) is -0.357. The number of hydrogen-bond donors (Lipinski definition) is 0. The van der Waals surface area contributed by atoms with E-state index < -0.39 is 0 Å². The Bertz CT molecular complexity index is 702. The summed E-state index contributed by atoms with van der Waals surface area (Å²) in [6.45, 7) is 6.06. The van der Waals surface area contributed by atoms with Crippen molar-refractivity contribution >= 4 is 11.5 Å². The van der Waals surface area contributed by atoms with Crippen LogP contribution in [0.2, 0.25) is 0 Å². The number of nitrogens with zero attached hydrogens (tertiary/aromatic N) is 1. The van der Waals surface area contributed by atoms with Gasteiger partial charge >= 0.3 is 5.97 Å². The molecular weight excluding hydrogens is 262 g/mol. The molecule has 0 N–H and O–H groups in total. The number of aromatic nitrogens is 1. The zero-order valence-electron chi connectivity index (χ0n) is 12.8. The maximum atomic E-state index is 11.3. The molecule has 0 spiro atoms. The maximum absolute atomic E-state index is 11.3. The summed E-state index contributed by atoms with van der Waals surface area (Å²) in [5, 5.41) is 0. The van der Waals surface area contributed by atoms with E-state index in [9.17, 15) is 4.79 Å². The highest BCUT2D eigenvalue weighted by atomic mass is 16.5. The van der Waals surface area contributed by atoms with Gasteiger partial charge in [-0.05, 0) is 54.7 Å². The highest BCUT2D eigenvalue weighted by molar-refractivity contribution is 5.91. The van der Waals surface area contributed by atoms with Crippen LogP contribution in [0.4, 0.5) is 0 Å². The van der Waals surface area contributed by atoms with Crippen molar-refractivity contribution in [2.24, 2.45) is 0 Å². The number of esters is 1. The van der Waals surface area contributed by atoms with Gasteiger partial charge < -0.3 is 4.74 Å². The van der Waals surface area contributed by atoms with Gasteiger partial charge in [0.1, 0.15) is 0 Å². The van der Waals surface area contributed by atoms with E-state index in [1.165, 1.54) is 24.3 Å². The molecule has 0 bridgehead atoms. The van der Waals surface area contributed by atoms with Crippen molar-refractivity contribution in [2.75, 3.05) is 7.11 Å². The summed E-state index contributed by atoms with van der Waals surface area (Å²) in [4.78, 5) is 15.6. The van der Waals surface area contributed by atoms with Crippen molar-refractivity contribution in [3.63, 3.8) is 0 Å². The third kappa shape index (κ3) is 3.57. The number of carbonyl (C=O) groups is 1. The van der Waals surface area contributed by atoms with Gasteiger partial charge in [-0.15, -0.1) is 0 Å². The molecule has 1 heterocycles. The summed E-state index contributed by atoms with van der Waals surface area (Å²) in [5.41, 5.74) is 6.42. The summed E-state index contributed by atoms with van der Waals surface area (Å²) in [7, 11) is 1.37. The van der Waals surface area contributed by atoms with Crippen LogP contribution in [0, 0.1) is 13.8 Å². The number of carbonyl (C=O) groups excluding carboxylic acids is 1. The molecule has 0 fully saturated rings. The number of rotatable bonds is 3. The van der Waals surface area contributed by atoms with Gasteiger partial charge in [0.2, 0.25) is 0 Å². The average molecular weight is 281 g/mol. The van der Waals surface area contributed by atoms with Crippen LogP contribution in [0.25, 0.3) is 16.7 Å². The number of aryl methyl sites for hydroxylation is 2. The molecule has 1 aromatic carbocycles. The second-order valence-corrected chi connectivity index (χ2v) is 5.11. The predicted octanol–water partition coefficient (Wildman–Crippen LogP) is 3.94. The third-order valence-electron chi connectivity index (χ3n) is 3.57. The summed E-state index contributed by atoms with van der Waals surface area (Å²) in [6, 6.07) is 8.37. The van der Waals surface area contributed by atoms with E-state index in [0.717, 1.165) is 22.3 Å². The molecule has 3 nitrogen and oxygen atoms in total. The minimum Gasteiger partial charge on any atom is -0.466 e. The van der Waals surface area contributed by atoms with Gasteiger partial charge in [0, 0.05) is 24.0 Å². The van der Waals surface area contributed by atoms with Gasteiger partial charge in [-0.1, -0.05) is 18.2 Å². The monoisotopic (exact) mass is 281 g/mol. The first-order valence-electron chi connectivity index (χ1n) is 6.80. The number of methoxy groups -OCH3 is 1. The first kappa shape index (κ1) is 15.0. The number of benzene rings is 1. The van der Waals surface area contributed by atoms with Crippen LogP contribution in [0.15, 0.2) is 42.7 Å². The average Bonchev–Trinajstić information content (AvgIpc) is 2.50. The van der Waals surface area contributed by atoms with Crippen molar-refractivity contribution in [3.8, 4) is 11.1 Å². The third-order valence-corrected chi connectivity index (χ3v) is 3.57. The normalized spacial score (nSPS) is 11.3. The van der Waals surface area contributed by atoms with Crippen LogP contribution in [0.5, 0.6) is 0 Å². The second kappa shape index (κ2) is 6.35. The first-order valence-corrected chi connectivity index (χ1v) is 6.80. The van der Waals surface area contributed by atoms with E-state index >= 15 is 0 Å². The van der Waals surface area contributed by atoms with Crippen molar-refractivity contribution in [1.82, 2.24) is 4.98 Å². The molecule has 1 aromatic heterocycles. The largest absolute Gasteiger partial charge is 0.466 e. The van der Waals surface area contributed by atoms with Crippen LogP contribution >= 0.6 is 0 Å². The Morgan fingerprint density at radius 3 is 2.52 bits per heavy atom. The number of allylic oxidation sites excluding steroid dienone is 1. The smallest absolute Gasteiger partial charge is 0.330 e. The summed E-state index contributed by atoms with van der Waals surface area (Å²) < 4.78 is 4.65. The van der Waals surface area contributed by atoms with Gasteiger partial charge in [-0.25, -0.2) is 4.79 Å². The molecule has 0 saturated heterocycles. The molecule has 3 heteroatoms. The summed E-state index contributed by atoms with van der Waals surface area (Å²) in [6.07, 6.45) is 5.06. The molecule has 0 amide bonds. The van der Waals surface area contributed by atoms with Crippen LogP contribution < -0.4 is 0 Å². The van der Waals surface area contributed by atoms with E-state index in [4.69, 9.17) is 0 Å². The number of ether oxygens (including phenoxy) is 1. The van der Waals surface area contributed by atoms with Crippen LogP contribution in [-0.4, -0.2) is 18.1 Å². The quantitative estimate of drug-likeness (QED) is 0.632. The topological polar surface area (TPSA) is 39.2 Å². The van der Waals surface area contributed by atoms with Gasteiger partial charge in [-0.3, -0.25) is 4.98 Å². The lowest BCUT2D eigenvalue weighted by atomic mass is 9.99. The van der Waals surface area contributed by atoms with Crippen molar-refractivity contribution < 1.29 is 9.53 Å². The van der Waals surface area contributed by atoms with Crippen molar-refractivity contribution in [2.45, 2.75) is 20.8 Å². The van der Waals surface area contributed by atoms with E-state index in [1.54, 1.807) is 6.20 Å². The fourth-order valence-corrected chi connectivity index (χ4v) is 2.05. The Morgan fingerprint density at radius 1 is 1.10 bits per heavy atom. The second-order valence-electron chi connectivity index (χ2n) is 5.11. The fourth-order valence-electron chi connectivity index (χ4n) is 2.05. The lowest BCUT2D eigenvalue weighted by molar-refractivity contribution is -0.134. The lowest BCUT2D eigenvalue weighted by Crippen LogP contribution is -1.96. The van der Waals surface area contributed by atoms with Crippen LogP contribution in [0.3, 0.4) is 0 Å². The molecule has 21 heavy (non-hydrogen) atoms. The Labute approximate surface area is 125 Å². The maximum Gasteiger partial charge on any atom is 0.330 e. The Morgan fingerprint density at radius 2 is 1.86 bits per heavy atom. The van der Waals surface area contributed by atoms with Crippen molar-refractivity contribution in [1.29, 1.82) is 0 Å². The Hall–Kier alpha value is -2.42. The molecule has 108 valence electrons. The molecular formula is C18H19NO2. The van der Waals surface area contributed by atoms with Crippen LogP contribution in [0.1, 0.15) is 23.6 Å². The molecule has 0 atom stereocenters. The first-order chi connectivity index (χ1) is 10.0. The van der Waals surface area contributed by atoms with E-state index in [1.807, 2.05) is 19.2 Å². The molecule has 0 aliphatic rings. The van der Waals surface area contributed by atoms with Gasteiger partial charge in [0.05, 0.1) is 7.11 Å². The number of pyridine rings is 1. The van der Waals surface area contributed by atoms with E-state index in [0.29, 0.717) is 0 Å². The highest BCUT2D eigenvalue weighted by Crippen LogP contribution is 2.24. The van der Waals surface area contributed by atoms with Gasteiger partial charge in [0.25, 0.3) is 0 Å². The zero-order chi connectivity index (χ0) is 15.4. The minimum atomic E-state index is -0.357. The lowest BCUT2D eigenvalue weighted by Gasteiger charge is -2.07.